The molecule has 0 aliphatic carbocycles. The molecular weight excluding hydrogens is 210 g/mol. The number of amides is 1. The lowest BCUT2D eigenvalue weighted by Gasteiger charge is -1.86. The van der Waals surface area contributed by atoms with E-state index < -0.39 is 5.97 Å². The van der Waals surface area contributed by atoms with Crippen LogP contribution in [0.3, 0.4) is 0 Å². The minimum atomic E-state index is -1.05. The van der Waals surface area contributed by atoms with Gasteiger partial charge in [0.15, 0.2) is 5.69 Å². The second kappa shape index (κ2) is 8.34. The van der Waals surface area contributed by atoms with E-state index in [1.807, 2.05) is 6.92 Å². The lowest BCUT2D eigenvalue weighted by atomic mass is 10.2. The molecule has 0 unspecified atom stereocenters. The van der Waals surface area contributed by atoms with Gasteiger partial charge in [-0.15, -0.1) is 5.10 Å². The Morgan fingerprint density at radius 2 is 2.19 bits per heavy atom. The predicted octanol–water partition coefficient (Wildman–Crippen LogP) is 0.837. The first-order chi connectivity index (χ1) is 7.57. The maximum Gasteiger partial charge on any atom is 0.356 e. The number of hydrogen-bond acceptors (Lipinski definition) is 4. The highest BCUT2D eigenvalue weighted by Crippen LogP contribution is 1.90. The van der Waals surface area contributed by atoms with Crippen LogP contribution in [0.4, 0.5) is 0 Å². The number of rotatable bonds is 4. The van der Waals surface area contributed by atoms with Crippen LogP contribution in [0, 0.1) is 0 Å². The van der Waals surface area contributed by atoms with Crippen LogP contribution in [0.25, 0.3) is 0 Å². The summed E-state index contributed by atoms with van der Waals surface area (Å²) >= 11 is 0. The maximum absolute atomic E-state index is 10.1. The van der Waals surface area contributed by atoms with Crippen molar-refractivity contribution in [3.63, 3.8) is 0 Å². The molecule has 0 aliphatic heterocycles. The number of carbonyl (C=O) groups excluding carboxylic acids is 1. The minimum Gasteiger partial charge on any atom is -0.476 e. The molecular formula is C10H15N3O3. The number of aromatic nitrogens is 2. The number of carboxylic acid groups (broad SMARTS) is 1. The molecule has 6 heteroatoms. The predicted molar refractivity (Wildman–Crippen MR) is 57.7 cm³/mol. The number of aromatic carboxylic acids is 1. The van der Waals surface area contributed by atoms with Crippen molar-refractivity contribution in [2.45, 2.75) is 26.2 Å². The summed E-state index contributed by atoms with van der Waals surface area (Å²) < 4.78 is 0. The maximum atomic E-state index is 10.1. The number of primary amides is 1. The molecule has 1 aromatic rings. The van der Waals surface area contributed by atoms with Crippen LogP contribution < -0.4 is 5.73 Å². The van der Waals surface area contributed by atoms with Gasteiger partial charge in [0.2, 0.25) is 5.91 Å². The van der Waals surface area contributed by atoms with Crippen LogP contribution in [0.5, 0.6) is 0 Å². The number of nitrogens with zero attached hydrogens (tertiary/aromatic N) is 2. The Morgan fingerprint density at radius 3 is 2.44 bits per heavy atom. The Balaban J connectivity index is 0.000000293. The van der Waals surface area contributed by atoms with E-state index in [-0.39, 0.29) is 11.6 Å². The fourth-order valence-electron chi connectivity index (χ4n) is 0.767. The summed E-state index contributed by atoms with van der Waals surface area (Å²) in [5, 5.41) is 15.0. The number of hydrogen-bond donors (Lipinski definition) is 2. The average molecular weight is 225 g/mol. The van der Waals surface area contributed by atoms with Gasteiger partial charge in [0.1, 0.15) is 0 Å². The summed E-state index contributed by atoms with van der Waals surface area (Å²) in [7, 11) is 0. The SMILES string of the molecule is CCCCC(N)=O.O=C(O)c1cccnn1. The molecule has 1 heterocycles. The highest BCUT2D eigenvalue weighted by atomic mass is 16.4. The molecule has 0 atom stereocenters. The van der Waals surface area contributed by atoms with Crippen molar-refractivity contribution in [1.82, 2.24) is 10.2 Å². The second-order valence-electron chi connectivity index (χ2n) is 2.98. The zero-order valence-electron chi connectivity index (χ0n) is 9.09. The van der Waals surface area contributed by atoms with E-state index in [2.05, 4.69) is 10.2 Å². The average Bonchev–Trinajstić information content (AvgIpc) is 2.28. The van der Waals surface area contributed by atoms with Crippen molar-refractivity contribution in [1.29, 1.82) is 0 Å². The quantitative estimate of drug-likeness (QED) is 0.789. The first-order valence-electron chi connectivity index (χ1n) is 4.87. The fourth-order valence-corrected chi connectivity index (χ4v) is 0.767. The van der Waals surface area contributed by atoms with Crippen LogP contribution in [-0.2, 0) is 4.79 Å². The van der Waals surface area contributed by atoms with E-state index in [0.717, 1.165) is 12.8 Å². The normalized spacial score (nSPS) is 8.81. The Bertz CT molecular complexity index is 327. The summed E-state index contributed by atoms with van der Waals surface area (Å²) in [5.74, 6) is -1.25. The second-order valence-corrected chi connectivity index (χ2v) is 2.98. The third-order valence-corrected chi connectivity index (χ3v) is 1.57. The van der Waals surface area contributed by atoms with Crippen LogP contribution in [0.1, 0.15) is 36.7 Å². The Kier molecular flexibility index (Phi) is 7.31. The van der Waals surface area contributed by atoms with Crippen molar-refractivity contribution in [2.24, 2.45) is 5.73 Å². The lowest BCUT2D eigenvalue weighted by molar-refractivity contribution is -0.118. The molecule has 0 fully saturated rings. The molecule has 88 valence electrons. The van der Waals surface area contributed by atoms with Gasteiger partial charge in [-0.1, -0.05) is 13.3 Å². The van der Waals surface area contributed by atoms with E-state index in [1.54, 1.807) is 0 Å². The Morgan fingerprint density at radius 1 is 1.50 bits per heavy atom. The molecule has 0 spiro atoms. The van der Waals surface area contributed by atoms with Gasteiger partial charge < -0.3 is 10.8 Å². The van der Waals surface area contributed by atoms with Crippen molar-refractivity contribution in [2.75, 3.05) is 0 Å². The molecule has 16 heavy (non-hydrogen) atoms. The van der Waals surface area contributed by atoms with Crippen molar-refractivity contribution >= 4 is 11.9 Å². The van der Waals surface area contributed by atoms with Crippen LogP contribution in [0.15, 0.2) is 18.3 Å². The molecule has 1 amide bonds. The third kappa shape index (κ3) is 7.43. The fraction of sp³-hybridized carbons (Fsp3) is 0.400. The first kappa shape index (κ1) is 14.0. The van der Waals surface area contributed by atoms with E-state index >= 15 is 0 Å². The van der Waals surface area contributed by atoms with Crippen molar-refractivity contribution in [3.05, 3.63) is 24.0 Å². The Labute approximate surface area is 93.5 Å². The zero-order chi connectivity index (χ0) is 12.4. The molecule has 0 saturated carbocycles. The van der Waals surface area contributed by atoms with Gasteiger partial charge in [-0.25, -0.2) is 4.79 Å². The number of nitrogens with two attached hydrogens (primary N) is 1. The molecule has 0 saturated heterocycles. The van der Waals surface area contributed by atoms with Gasteiger partial charge in [-0.2, -0.15) is 5.10 Å². The molecule has 0 bridgehead atoms. The minimum absolute atomic E-state index is 0.0301. The molecule has 1 aromatic heterocycles. The summed E-state index contributed by atoms with van der Waals surface area (Å²) in [4.78, 5) is 20.1. The standard InChI is InChI=1S/C5H4N2O2.C5H11NO/c8-5(9)4-2-1-3-6-7-4;1-2-3-4-5(6)7/h1-3H,(H,8,9);2-4H2,1H3,(H2,6,7). The number of carbonyl (C=O) groups is 2. The first-order valence-corrected chi connectivity index (χ1v) is 4.87. The van der Waals surface area contributed by atoms with Crippen molar-refractivity contribution < 1.29 is 14.7 Å². The van der Waals surface area contributed by atoms with Crippen LogP contribution >= 0.6 is 0 Å². The van der Waals surface area contributed by atoms with E-state index in [4.69, 9.17) is 10.8 Å². The monoisotopic (exact) mass is 225 g/mol. The Hall–Kier alpha value is -1.98. The van der Waals surface area contributed by atoms with Gasteiger partial charge in [0.05, 0.1) is 0 Å². The van der Waals surface area contributed by atoms with E-state index in [1.165, 1.54) is 18.3 Å². The molecule has 3 N–H and O–H groups in total. The van der Waals surface area contributed by atoms with E-state index in [9.17, 15) is 9.59 Å². The van der Waals surface area contributed by atoms with Gasteiger partial charge in [-0.05, 0) is 18.6 Å². The zero-order valence-corrected chi connectivity index (χ0v) is 9.09. The van der Waals surface area contributed by atoms with Gasteiger partial charge in [0.25, 0.3) is 0 Å². The third-order valence-electron chi connectivity index (χ3n) is 1.57. The molecule has 0 aromatic carbocycles. The highest BCUT2D eigenvalue weighted by Gasteiger charge is 2.00. The van der Waals surface area contributed by atoms with Gasteiger partial charge in [0, 0.05) is 12.6 Å². The topological polar surface area (TPSA) is 106 Å². The summed E-state index contributed by atoms with van der Waals surface area (Å²) in [6.07, 6.45) is 3.93. The summed E-state index contributed by atoms with van der Waals surface area (Å²) in [5.41, 5.74) is 4.81. The van der Waals surface area contributed by atoms with Gasteiger partial charge >= 0.3 is 5.97 Å². The number of unbranched alkanes of at least 4 members (excludes halogenated alkanes) is 1. The largest absolute Gasteiger partial charge is 0.476 e. The summed E-state index contributed by atoms with van der Waals surface area (Å²) in [6, 6.07) is 2.91. The summed E-state index contributed by atoms with van der Waals surface area (Å²) in [6.45, 7) is 2.03. The van der Waals surface area contributed by atoms with Crippen LogP contribution in [0.2, 0.25) is 0 Å². The van der Waals surface area contributed by atoms with Crippen LogP contribution in [-0.4, -0.2) is 27.2 Å². The highest BCUT2D eigenvalue weighted by molar-refractivity contribution is 5.84. The molecule has 6 nitrogen and oxygen atoms in total. The molecule has 0 radical (unpaired) electrons. The van der Waals surface area contributed by atoms with Crippen molar-refractivity contribution in [3.8, 4) is 0 Å². The van der Waals surface area contributed by atoms with E-state index in [0.29, 0.717) is 6.42 Å². The van der Waals surface area contributed by atoms with Gasteiger partial charge in [-0.3, -0.25) is 4.79 Å². The molecule has 1 rings (SSSR count). The lowest BCUT2D eigenvalue weighted by Crippen LogP contribution is -2.09. The molecule has 0 aliphatic rings. The number of carboxylic acids is 1. The smallest absolute Gasteiger partial charge is 0.356 e.